The van der Waals surface area contributed by atoms with Gasteiger partial charge in [0.15, 0.2) is 0 Å². The third-order valence-electron chi connectivity index (χ3n) is 3.44. The second kappa shape index (κ2) is 11.1. The number of hydrogen-bond acceptors (Lipinski definition) is 1. The molecule has 22 heavy (non-hydrogen) atoms. The molecule has 0 heterocycles. The standard InChI is InChI=1S/C19H34N2O/c1-7-9-10-11-15-20-18(22)21-19(5,6)14-13-17(12-8-2)16(3)4/h8,12-13H,3,7,9-11,14-15H2,1-2,4-6H3,(H2,20,21,22)/b12-8-,17-13+. The Kier molecular flexibility index (Phi) is 10.3. The van der Waals surface area contributed by atoms with E-state index in [-0.39, 0.29) is 11.6 Å². The summed E-state index contributed by atoms with van der Waals surface area (Å²) in [5, 5.41) is 5.97. The molecule has 0 saturated carbocycles. The van der Waals surface area contributed by atoms with Crippen molar-refractivity contribution >= 4 is 6.03 Å². The molecule has 0 aliphatic carbocycles. The van der Waals surface area contributed by atoms with Crippen LogP contribution in [0, 0.1) is 0 Å². The van der Waals surface area contributed by atoms with Crippen LogP contribution in [0.5, 0.6) is 0 Å². The minimum atomic E-state index is -0.282. The normalized spacial score (nSPS) is 12.5. The van der Waals surface area contributed by atoms with Gasteiger partial charge in [0.1, 0.15) is 0 Å². The molecule has 0 atom stereocenters. The molecule has 0 aromatic carbocycles. The summed E-state index contributed by atoms with van der Waals surface area (Å²) in [6.45, 7) is 15.0. The maximum atomic E-state index is 11.9. The summed E-state index contributed by atoms with van der Waals surface area (Å²) < 4.78 is 0. The van der Waals surface area contributed by atoms with E-state index in [0.29, 0.717) is 0 Å². The van der Waals surface area contributed by atoms with Crippen LogP contribution < -0.4 is 10.6 Å². The van der Waals surface area contributed by atoms with Crippen molar-refractivity contribution in [3.05, 3.63) is 36.0 Å². The molecule has 0 aliphatic rings. The minimum Gasteiger partial charge on any atom is -0.338 e. The summed E-state index contributed by atoms with van der Waals surface area (Å²) in [5.41, 5.74) is 1.88. The van der Waals surface area contributed by atoms with Gasteiger partial charge in [-0.25, -0.2) is 4.79 Å². The largest absolute Gasteiger partial charge is 0.338 e. The lowest BCUT2D eigenvalue weighted by atomic mass is 9.97. The third kappa shape index (κ3) is 10.3. The van der Waals surface area contributed by atoms with Crippen LogP contribution in [0.3, 0.4) is 0 Å². The summed E-state index contributed by atoms with van der Waals surface area (Å²) in [6, 6.07) is -0.0854. The Balaban J connectivity index is 4.29. The highest BCUT2D eigenvalue weighted by Gasteiger charge is 2.18. The first-order valence-electron chi connectivity index (χ1n) is 8.37. The fourth-order valence-electron chi connectivity index (χ4n) is 2.09. The lowest BCUT2D eigenvalue weighted by Crippen LogP contribution is -2.48. The fraction of sp³-hybridized carbons (Fsp3) is 0.632. The zero-order valence-corrected chi connectivity index (χ0v) is 15.1. The van der Waals surface area contributed by atoms with Gasteiger partial charge in [0, 0.05) is 12.1 Å². The molecule has 0 aliphatic heterocycles. The molecule has 126 valence electrons. The Hall–Kier alpha value is -1.51. The minimum absolute atomic E-state index is 0.0854. The van der Waals surface area contributed by atoms with Gasteiger partial charge in [0.05, 0.1) is 0 Å². The second-order valence-electron chi connectivity index (χ2n) is 6.47. The number of rotatable bonds is 10. The van der Waals surface area contributed by atoms with Crippen LogP contribution in [0.2, 0.25) is 0 Å². The van der Waals surface area contributed by atoms with Crippen LogP contribution in [0.15, 0.2) is 36.0 Å². The molecule has 0 unspecified atom stereocenters. The molecule has 0 rings (SSSR count). The van der Waals surface area contributed by atoms with Gasteiger partial charge >= 0.3 is 6.03 Å². The smallest absolute Gasteiger partial charge is 0.315 e. The van der Waals surface area contributed by atoms with Gasteiger partial charge < -0.3 is 10.6 Å². The number of allylic oxidation sites excluding steroid dienone is 4. The average Bonchev–Trinajstić information content (AvgIpc) is 2.42. The molecule has 0 bridgehead atoms. The Morgan fingerprint density at radius 2 is 1.91 bits per heavy atom. The summed E-state index contributed by atoms with van der Waals surface area (Å²) in [6.07, 6.45) is 11.6. The van der Waals surface area contributed by atoms with E-state index in [4.69, 9.17) is 0 Å². The van der Waals surface area contributed by atoms with Crippen molar-refractivity contribution in [1.29, 1.82) is 0 Å². The van der Waals surface area contributed by atoms with Crippen LogP contribution in [-0.4, -0.2) is 18.1 Å². The maximum Gasteiger partial charge on any atom is 0.315 e. The highest BCUT2D eigenvalue weighted by Crippen LogP contribution is 2.15. The molecular formula is C19H34N2O. The van der Waals surface area contributed by atoms with Gasteiger partial charge in [-0.15, -0.1) is 0 Å². The van der Waals surface area contributed by atoms with Gasteiger partial charge in [-0.05, 0) is 46.1 Å². The summed E-state index contributed by atoms with van der Waals surface area (Å²) >= 11 is 0. The zero-order chi connectivity index (χ0) is 17.0. The van der Waals surface area contributed by atoms with Crippen molar-refractivity contribution in [3.63, 3.8) is 0 Å². The molecule has 0 aromatic heterocycles. The van der Waals surface area contributed by atoms with Crippen molar-refractivity contribution in [2.45, 2.75) is 72.3 Å². The number of urea groups is 1. The first-order valence-corrected chi connectivity index (χ1v) is 8.37. The number of nitrogens with one attached hydrogen (secondary N) is 2. The molecule has 0 spiro atoms. The van der Waals surface area contributed by atoms with Gasteiger partial charge in [-0.1, -0.05) is 56.6 Å². The van der Waals surface area contributed by atoms with Crippen LogP contribution in [-0.2, 0) is 0 Å². The predicted molar refractivity (Wildman–Crippen MR) is 97.1 cm³/mol. The van der Waals surface area contributed by atoms with Gasteiger partial charge in [-0.2, -0.15) is 0 Å². The van der Waals surface area contributed by atoms with Gasteiger partial charge in [0.2, 0.25) is 0 Å². The molecule has 0 aromatic rings. The maximum absolute atomic E-state index is 11.9. The van der Waals surface area contributed by atoms with Gasteiger partial charge in [0.25, 0.3) is 0 Å². The Bertz CT molecular complexity index is 406. The average molecular weight is 306 g/mol. The zero-order valence-electron chi connectivity index (χ0n) is 15.1. The Morgan fingerprint density at radius 1 is 1.23 bits per heavy atom. The number of hydrogen-bond donors (Lipinski definition) is 2. The number of unbranched alkanes of at least 4 members (excludes halogenated alkanes) is 3. The monoisotopic (exact) mass is 306 g/mol. The molecule has 0 fully saturated rings. The molecule has 0 saturated heterocycles. The van der Waals surface area contributed by atoms with Crippen molar-refractivity contribution in [2.75, 3.05) is 6.54 Å². The van der Waals surface area contributed by atoms with E-state index in [1.165, 1.54) is 19.3 Å². The lowest BCUT2D eigenvalue weighted by molar-refractivity contribution is 0.230. The predicted octanol–water partition coefficient (Wildman–Crippen LogP) is 5.11. The SMILES string of the molecule is C=C(C)C(/C=C\C)=C/CC(C)(C)NC(=O)NCCCCCC. The van der Waals surface area contributed by atoms with E-state index in [9.17, 15) is 4.79 Å². The molecule has 3 nitrogen and oxygen atoms in total. The van der Waals surface area contributed by atoms with E-state index in [1.54, 1.807) is 0 Å². The lowest BCUT2D eigenvalue weighted by Gasteiger charge is -2.25. The van der Waals surface area contributed by atoms with Crippen LogP contribution in [0.4, 0.5) is 4.79 Å². The van der Waals surface area contributed by atoms with Crippen LogP contribution in [0.25, 0.3) is 0 Å². The van der Waals surface area contributed by atoms with Crippen molar-refractivity contribution < 1.29 is 4.79 Å². The molecule has 2 N–H and O–H groups in total. The highest BCUT2D eigenvalue weighted by atomic mass is 16.2. The first kappa shape index (κ1) is 20.5. The topological polar surface area (TPSA) is 41.1 Å². The van der Waals surface area contributed by atoms with E-state index in [0.717, 1.165) is 30.5 Å². The Labute approximate surface area is 137 Å². The van der Waals surface area contributed by atoms with Crippen molar-refractivity contribution in [1.82, 2.24) is 10.6 Å². The molecule has 2 amide bonds. The molecule has 0 radical (unpaired) electrons. The summed E-state index contributed by atoms with van der Waals surface area (Å²) in [4.78, 5) is 11.9. The van der Waals surface area contributed by atoms with Crippen molar-refractivity contribution in [3.8, 4) is 0 Å². The van der Waals surface area contributed by atoms with Gasteiger partial charge in [-0.3, -0.25) is 0 Å². The summed E-state index contributed by atoms with van der Waals surface area (Å²) in [5.74, 6) is 0. The number of carbonyl (C=O) groups excluding carboxylic acids is 1. The quantitative estimate of drug-likeness (QED) is 0.427. The second-order valence-corrected chi connectivity index (χ2v) is 6.47. The van der Waals surface area contributed by atoms with Crippen LogP contribution in [0.1, 0.15) is 66.7 Å². The summed E-state index contributed by atoms with van der Waals surface area (Å²) in [7, 11) is 0. The number of amides is 2. The van der Waals surface area contributed by atoms with E-state index in [2.05, 4.69) is 30.2 Å². The van der Waals surface area contributed by atoms with Crippen LogP contribution >= 0.6 is 0 Å². The first-order chi connectivity index (χ1) is 10.3. The molecular weight excluding hydrogens is 272 g/mol. The third-order valence-corrected chi connectivity index (χ3v) is 3.44. The molecule has 3 heteroatoms. The van der Waals surface area contributed by atoms with E-state index < -0.39 is 0 Å². The van der Waals surface area contributed by atoms with Crippen molar-refractivity contribution in [2.24, 2.45) is 0 Å². The highest BCUT2D eigenvalue weighted by molar-refractivity contribution is 5.74. The van der Waals surface area contributed by atoms with E-state index >= 15 is 0 Å². The number of carbonyl (C=O) groups is 1. The van der Waals surface area contributed by atoms with E-state index in [1.807, 2.05) is 39.8 Å². The fourth-order valence-corrected chi connectivity index (χ4v) is 2.09. The Morgan fingerprint density at radius 3 is 2.45 bits per heavy atom.